The highest BCUT2D eigenvalue weighted by atomic mass is 16.8. The summed E-state index contributed by atoms with van der Waals surface area (Å²) in [5.74, 6) is -0.839. The van der Waals surface area contributed by atoms with Crippen molar-refractivity contribution in [3.63, 3.8) is 0 Å². The first kappa shape index (κ1) is 14.2. The third-order valence-corrected chi connectivity index (χ3v) is 4.53. The van der Waals surface area contributed by atoms with Crippen LogP contribution in [0.1, 0.15) is 44.0 Å². The molecule has 0 fully saturated rings. The van der Waals surface area contributed by atoms with Crippen LogP contribution in [-0.2, 0) is 0 Å². The van der Waals surface area contributed by atoms with Gasteiger partial charge in [-0.1, -0.05) is 11.1 Å². The van der Waals surface area contributed by atoms with E-state index in [1.54, 1.807) is 6.92 Å². The molecular formula is C12H12N4O6. The summed E-state index contributed by atoms with van der Waals surface area (Å²) in [5, 5.41) is 38.2. The monoisotopic (exact) mass is 308 g/mol. The Balaban J connectivity index is 2.33. The Morgan fingerprint density at radius 2 is 2.05 bits per heavy atom. The Kier molecular flexibility index (Phi) is 2.81. The highest BCUT2D eigenvalue weighted by Crippen LogP contribution is 2.50. The molecule has 10 heteroatoms. The fraction of sp³-hybridized carbons (Fsp3) is 0.500. The second kappa shape index (κ2) is 4.36. The number of hydrogen-bond donors (Lipinski definition) is 0. The largest absolute Gasteiger partial charge is 0.359 e. The summed E-state index contributed by atoms with van der Waals surface area (Å²) in [5.41, 5.74) is -0.936. The lowest BCUT2D eigenvalue weighted by Gasteiger charge is -2.35. The molecule has 0 saturated carbocycles. The van der Waals surface area contributed by atoms with E-state index >= 15 is 0 Å². The summed E-state index contributed by atoms with van der Waals surface area (Å²) in [7, 11) is 0. The smallest absolute Gasteiger partial charge is 0.329 e. The molecule has 0 saturated heterocycles. The standard InChI is InChI=1S/C12H12N4O6/c1-6-3-8-11-10(13-22-15(11)19)9(14(17)18)5-12(8,16(20)21)4-7(6)2/h5,8H,3-4H2,1-2H3/t8-,12-/m1/s1. The zero-order valence-electron chi connectivity index (χ0n) is 11.8. The topological polar surface area (TPSA) is 139 Å². The second-order valence-corrected chi connectivity index (χ2v) is 5.69. The summed E-state index contributed by atoms with van der Waals surface area (Å²) >= 11 is 0. The van der Waals surface area contributed by atoms with E-state index < -0.39 is 27.0 Å². The van der Waals surface area contributed by atoms with E-state index in [-0.39, 0.29) is 29.1 Å². The van der Waals surface area contributed by atoms with E-state index in [0.29, 0.717) is 0 Å². The van der Waals surface area contributed by atoms with Crippen LogP contribution in [0.4, 0.5) is 0 Å². The van der Waals surface area contributed by atoms with Crippen molar-refractivity contribution in [1.82, 2.24) is 5.16 Å². The molecule has 22 heavy (non-hydrogen) atoms. The fourth-order valence-corrected chi connectivity index (χ4v) is 3.26. The Labute approximate surface area is 123 Å². The van der Waals surface area contributed by atoms with Crippen molar-refractivity contribution in [1.29, 1.82) is 0 Å². The predicted octanol–water partition coefficient (Wildman–Crippen LogP) is 1.17. The maximum atomic E-state index is 11.8. The van der Waals surface area contributed by atoms with E-state index in [4.69, 9.17) is 0 Å². The van der Waals surface area contributed by atoms with Gasteiger partial charge in [0.2, 0.25) is 5.69 Å². The zero-order chi connectivity index (χ0) is 16.2. The van der Waals surface area contributed by atoms with Gasteiger partial charge in [-0.2, -0.15) is 0 Å². The summed E-state index contributed by atoms with van der Waals surface area (Å²) in [6.45, 7) is 3.58. The van der Waals surface area contributed by atoms with Gasteiger partial charge in [0.25, 0.3) is 5.54 Å². The summed E-state index contributed by atoms with van der Waals surface area (Å²) in [6.07, 6.45) is 1.28. The number of allylic oxidation sites excluding steroid dienone is 1. The number of nitrogens with zero attached hydrogens (tertiary/aromatic N) is 4. The number of rotatable bonds is 2. The third kappa shape index (κ3) is 1.66. The number of nitro groups is 2. The minimum atomic E-state index is -1.73. The van der Waals surface area contributed by atoms with Gasteiger partial charge in [-0.25, -0.2) is 0 Å². The maximum Gasteiger partial charge on any atom is 0.329 e. The summed E-state index contributed by atoms with van der Waals surface area (Å²) < 4.78 is 4.46. The lowest BCUT2D eigenvalue weighted by molar-refractivity contribution is -0.810. The quantitative estimate of drug-likeness (QED) is 0.345. The van der Waals surface area contributed by atoms with Crippen LogP contribution in [-0.4, -0.2) is 20.5 Å². The molecule has 2 aliphatic rings. The highest BCUT2D eigenvalue weighted by Gasteiger charge is 2.61. The van der Waals surface area contributed by atoms with E-state index in [2.05, 4.69) is 9.79 Å². The molecule has 0 aliphatic heterocycles. The first-order valence-corrected chi connectivity index (χ1v) is 6.55. The van der Waals surface area contributed by atoms with Crippen LogP contribution in [0, 0.1) is 25.4 Å². The normalized spacial score (nSPS) is 27.0. The van der Waals surface area contributed by atoms with Gasteiger partial charge in [0.1, 0.15) is 5.92 Å². The van der Waals surface area contributed by atoms with Gasteiger partial charge in [0, 0.05) is 11.3 Å². The molecule has 3 rings (SSSR count). The molecule has 116 valence electrons. The van der Waals surface area contributed by atoms with Gasteiger partial charge in [-0.3, -0.25) is 24.9 Å². The SMILES string of the molecule is CC1=C(C)C[C@@]2([N+](=O)[O-])C=C([N+](=O)[O-])c3no[n+]([O-])c3[C@H]2C1. The van der Waals surface area contributed by atoms with E-state index in [1.165, 1.54) is 0 Å². The van der Waals surface area contributed by atoms with Crippen molar-refractivity contribution < 1.29 is 19.4 Å². The Morgan fingerprint density at radius 3 is 2.64 bits per heavy atom. The van der Waals surface area contributed by atoms with Crippen molar-refractivity contribution in [2.24, 2.45) is 0 Å². The van der Waals surface area contributed by atoms with Crippen molar-refractivity contribution in [2.75, 3.05) is 0 Å². The first-order chi connectivity index (χ1) is 10.3. The van der Waals surface area contributed by atoms with Crippen LogP contribution >= 0.6 is 0 Å². The molecule has 1 aromatic heterocycles. The van der Waals surface area contributed by atoms with Crippen LogP contribution in [0.15, 0.2) is 21.9 Å². The minimum Gasteiger partial charge on any atom is -0.359 e. The molecule has 2 aliphatic carbocycles. The average Bonchev–Trinajstić information content (AvgIpc) is 2.81. The van der Waals surface area contributed by atoms with E-state index in [0.717, 1.165) is 17.2 Å². The number of fused-ring (bicyclic) bond motifs is 3. The van der Waals surface area contributed by atoms with Crippen molar-refractivity contribution in [2.45, 2.75) is 38.1 Å². The van der Waals surface area contributed by atoms with Crippen LogP contribution in [0.3, 0.4) is 0 Å². The average molecular weight is 308 g/mol. The molecule has 0 radical (unpaired) electrons. The molecule has 1 heterocycles. The number of aromatic nitrogens is 2. The zero-order valence-corrected chi connectivity index (χ0v) is 11.8. The Hall–Kier alpha value is -2.78. The lowest BCUT2D eigenvalue weighted by atomic mass is 9.66. The van der Waals surface area contributed by atoms with Crippen molar-refractivity contribution >= 4 is 5.70 Å². The maximum absolute atomic E-state index is 11.8. The van der Waals surface area contributed by atoms with Gasteiger partial charge >= 0.3 is 11.4 Å². The molecule has 2 atom stereocenters. The Bertz CT molecular complexity index is 764. The fourth-order valence-electron chi connectivity index (χ4n) is 3.26. The second-order valence-electron chi connectivity index (χ2n) is 5.69. The van der Waals surface area contributed by atoms with Gasteiger partial charge in [-0.05, 0) is 25.2 Å². The summed E-state index contributed by atoms with van der Waals surface area (Å²) in [4.78, 5) is 21.7. The minimum absolute atomic E-state index is 0.0124. The molecule has 0 unspecified atom stereocenters. The number of hydrogen-bond acceptors (Lipinski definition) is 7. The van der Waals surface area contributed by atoms with Gasteiger partial charge in [0.05, 0.1) is 16.2 Å². The van der Waals surface area contributed by atoms with Crippen LogP contribution in [0.5, 0.6) is 0 Å². The molecule has 10 nitrogen and oxygen atoms in total. The van der Waals surface area contributed by atoms with Gasteiger partial charge < -0.3 is 5.21 Å². The highest BCUT2D eigenvalue weighted by molar-refractivity contribution is 5.62. The molecule has 0 aromatic carbocycles. The third-order valence-electron chi connectivity index (χ3n) is 4.53. The van der Waals surface area contributed by atoms with Crippen LogP contribution in [0.2, 0.25) is 0 Å². The van der Waals surface area contributed by atoms with Crippen molar-refractivity contribution in [3.05, 3.63) is 54.0 Å². The molecule has 0 amide bonds. The van der Waals surface area contributed by atoms with Gasteiger partial charge in [-0.15, -0.1) is 0 Å². The van der Waals surface area contributed by atoms with Crippen molar-refractivity contribution in [3.8, 4) is 0 Å². The lowest BCUT2D eigenvalue weighted by Crippen LogP contribution is -2.51. The van der Waals surface area contributed by atoms with Crippen LogP contribution < -0.4 is 4.90 Å². The predicted molar refractivity (Wildman–Crippen MR) is 70.5 cm³/mol. The molecule has 0 spiro atoms. The van der Waals surface area contributed by atoms with E-state index in [1.807, 2.05) is 6.92 Å². The molecular weight excluding hydrogens is 296 g/mol. The first-order valence-electron chi connectivity index (χ1n) is 6.55. The van der Waals surface area contributed by atoms with Crippen LogP contribution in [0.25, 0.3) is 5.70 Å². The molecule has 1 aromatic rings. The van der Waals surface area contributed by atoms with E-state index in [9.17, 15) is 25.4 Å². The molecule has 0 bridgehead atoms. The summed E-state index contributed by atoms with van der Waals surface area (Å²) in [6, 6.07) is 0. The van der Waals surface area contributed by atoms with Gasteiger partial charge in [0.15, 0.2) is 0 Å². The Morgan fingerprint density at radius 1 is 1.36 bits per heavy atom. The molecule has 0 N–H and O–H groups in total.